The third-order valence-corrected chi connectivity index (χ3v) is 4.79. The molecule has 132 valence electrons. The fourth-order valence-corrected chi connectivity index (χ4v) is 3.17. The molecular weight excluding hydrogens is 312 g/mol. The summed E-state index contributed by atoms with van der Waals surface area (Å²) in [5.41, 5.74) is 1.65. The van der Waals surface area contributed by atoms with Crippen LogP contribution in [0.1, 0.15) is 54.6 Å². The van der Waals surface area contributed by atoms with Crippen molar-refractivity contribution in [2.24, 2.45) is 5.92 Å². The second kappa shape index (κ2) is 7.64. The first-order valence-electron chi connectivity index (χ1n) is 8.99. The van der Waals surface area contributed by atoms with Crippen LogP contribution in [0.4, 0.5) is 5.82 Å². The van der Waals surface area contributed by atoms with Gasteiger partial charge in [0.15, 0.2) is 0 Å². The van der Waals surface area contributed by atoms with Crippen molar-refractivity contribution in [3.8, 4) is 0 Å². The molecule has 0 bridgehead atoms. The molecule has 0 radical (unpaired) electrons. The summed E-state index contributed by atoms with van der Waals surface area (Å²) in [6, 6.07) is 12.1. The SMILES string of the molecule is Cc1nc(NC(C)c2ccccc2)cc(C(=O)N2CCC(C)CC2)n1. The minimum Gasteiger partial charge on any atom is -0.363 e. The quantitative estimate of drug-likeness (QED) is 0.920. The van der Waals surface area contributed by atoms with Crippen LogP contribution in [0, 0.1) is 12.8 Å². The summed E-state index contributed by atoms with van der Waals surface area (Å²) >= 11 is 0. The summed E-state index contributed by atoms with van der Waals surface area (Å²) in [4.78, 5) is 23.5. The molecule has 2 heterocycles. The number of rotatable bonds is 4. The van der Waals surface area contributed by atoms with Gasteiger partial charge in [0, 0.05) is 25.2 Å². The monoisotopic (exact) mass is 338 g/mol. The second-order valence-electron chi connectivity index (χ2n) is 6.94. The standard InChI is InChI=1S/C20H26N4O/c1-14-9-11-24(12-10-14)20(25)18-13-19(23-16(3)22-18)21-15(2)17-7-5-4-6-8-17/h4-8,13-15H,9-12H2,1-3H3,(H,21,22,23). The van der Waals surface area contributed by atoms with Crippen molar-refractivity contribution in [2.45, 2.75) is 39.7 Å². The molecule has 1 amide bonds. The molecule has 1 fully saturated rings. The molecule has 3 rings (SSSR count). The highest BCUT2D eigenvalue weighted by atomic mass is 16.2. The van der Waals surface area contributed by atoms with Crippen LogP contribution in [0.3, 0.4) is 0 Å². The number of amides is 1. The second-order valence-corrected chi connectivity index (χ2v) is 6.94. The summed E-state index contributed by atoms with van der Waals surface area (Å²) in [7, 11) is 0. The van der Waals surface area contributed by atoms with E-state index >= 15 is 0 Å². The van der Waals surface area contributed by atoms with Gasteiger partial charge in [-0.2, -0.15) is 0 Å². The number of hydrogen-bond acceptors (Lipinski definition) is 4. The van der Waals surface area contributed by atoms with Crippen molar-refractivity contribution < 1.29 is 4.79 Å². The van der Waals surface area contributed by atoms with E-state index in [9.17, 15) is 4.79 Å². The van der Waals surface area contributed by atoms with Crippen LogP contribution in [-0.2, 0) is 0 Å². The molecule has 1 saturated heterocycles. The van der Waals surface area contributed by atoms with Crippen LogP contribution in [0.15, 0.2) is 36.4 Å². The van der Waals surface area contributed by atoms with E-state index in [2.05, 4.69) is 41.3 Å². The van der Waals surface area contributed by atoms with Crippen LogP contribution >= 0.6 is 0 Å². The first-order valence-corrected chi connectivity index (χ1v) is 8.99. The van der Waals surface area contributed by atoms with E-state index in [1.165, 1.54) is 5.56 Å². The van der Waals surface area contributed by atoms with Gasteiger partial charge in [0.1, 0.15) is 17.3 Å². The number of carbonyl (C=O) groups is 1. The van der Waals surface area contributed by atoms with Gasteiger partial charge in [0.2, 0.25) is 0 Å². The zero-order valence-corrected chi connectivity index (χ0v) is 15.2. The number of carbonyl (C=O) groups excluding carboxylic acids is 1. The van der Waals surface area contributed by atoms with Crippen molar-refractivity contribution in [1.82, 2.24) is 14.9 Å². The summed E-state index contributed by atoms with van der Waals surface area (Å²) in [6.07, 6.45) is 2.12. The van der Waals surface area contributed by atoms with Gasteiger partial charge in [-0.25, -0.2) is 9.97 Å². The Hall–Kier alpha value is -2.43. The van der Waals surface area contributed by atoms with Gasteiger partial charge < -0.3 is 10.2 Å². The van der Waals surface area contributed by atoms with Crippen LogP contribution in [0.25, 0.3) is 0 Å². The predicted molar refractivity (Wildman–Crippen MR) is 99.6 cm³/mol. The number of nitrogens with zero attached hydrogens (tertiary/aromatic N) is 3. The van der Waals surface area contributed by atoms with Gasteiger partial charge in [-0.1, -0.05) is 37.3 Å². The van der Waals surface area contributed by atoms with E-state index in [4.69, 9.17) is 0 Å². The molecule has 5 heteroatoms. The highest BCUT2D eigenvalue weighted by Crippen LogP contribution is 2.21. The van der Waals surface area contributed by atoms with Crippen molar-refractivity contribution in [2.75, 3.05) is 18.4 Å². The Balaban J connectivity index is 1.75. The molecule has 0 aliphatic carbocycles. The highest BCUT2D eigenvalue weighted by molar-refractivity contribution is 5.93. The van der Waals surface area contributed by atoms with Crippen molar-refractivity contribution in [1.29, 1.82) is 0 Å². The molecule has 5 nitrogen and oxygen atoms in total. The molecule has 1 aromatic carbocycles. The van der Waals surface area contributed by atoms with E-state index in [0.29, 0.717) is 23.3 Å². The Morgan fingerprint density at radius 1 is 1.20 bits per heavy atom. The van der Waals surface area contributed by atoms with Gasteiger partial charge in [-0.05, 0) is 38.2 Å². The zero-order valence-electron chi connectivity index (χ0n) is 15.2. The Kier molecular flexibility index (Phi) is 5.31. The molecule has 1 N–H and O–H groups in total. The van der Waals surface area contributed by atoms with Gasteiger partial charge in [-0.15, -0.1) is 0 Å². The fourth-order valence-electron chi connectivity index (χ4n) is 3.17. The Bertz CT molecular complexity index is 724. The number of piperidine rings is 1. The Morgan fingerprint density at radius 2 is 1.88 bits per heavy atom. The lowest BCUT2D eigenvalue weighted by Crippen LogP contribution is -2.38. The number of anilines is 1. The normalized spacial score (nSPS) is 16.5. The van der Waals surface area contributed by atoms with Gasteiger partial charge in [-0.3, -0.25) is 4.79 Å². The Labute approximate surface area is 149 Å². The van der Waals surface area contributed by atoms with Gasteiger partial charge in [0.25, 0.3) is 5.91 Å². The lowest BCUT2D eigenvalue weighted by Gasteiger charge is -2.30. The maximum absolute atomic E-state index is 12.8. The molecule has 1 unspecified atom stereocenters. The minimum atomic E-state index is 0.00724. The Morgan fingerprint density at radius 3 is 2.56 bits per heavy atom. The van der Waals surface area contributed by atoms with Crippen molar-refractivity contribution in [3.63, 3.8) is 0 Å². The number of benzene rings is 1. The van der Waals surface area contributed by atoms with Crippen LogP contribution in [0.2, 0.25) is 0 Å². The predicted octanol–water partition coefficient (Wildman–Crippen LogP) is 3.83. The lowest BCUT2D eigenvalue weighted by atomic mass is 9.99. The highest BCUT2D eigenvalue weighted by Gasteiger charge is 2.23. The number of aromatic nitrogens is 2. The molecule has 1 aromatic heterocycles. The van der Waals surface area contributed by atoms with Crippen molar-refractivity contribution >= 4 is 11.7 Å². The molecule has 1 aliphatic rings. The van der Waals surface area contributed by atoms with Crippen LogP contribution in [0.5, 0.6) is 0 Å². The summed E-state index contributed by atoms with van der Waals surface area (Å²) < 4.78 is 0. The summed E-state index contributed by atoms with van der Waals surface area (Å²) in [5, 5.41) is 3.38. The van der Waals surface area contributed by atoms with Crippen LogP contribution < -0.4 is 5.32 Å². The average Bonchev–Trinajstić information content (AvgIpc) is 2.62. The third kappa shape index (κ3) is 4.35. The number of hydrogen-bond donors (Lipinski definition) is 1. The molecule has 1 aliphatic heterocycles. The molecule has 1 atom stereocenters. The zero-order chi connectivity index (χ0) is 17.8. The molecule has 2 aromatic rings. The molecule has 0 spiro atoms. The van der Waals surface area contributed by atoms with Crippen molar-refractivity contribution in [3.05, 3.63) is 53.5 Å². The maximum Gasteiger partial charge on any atom is 0.272 e. The average molecular weight is 338 g/mol. The summed E-state index contributed by atoms with van der Waals surface area (Å²) in [6.45, 7) is 7.77. The fraction of sp³-hybridized carbons (Fsp3) is 0.450. The topological polar surface area (TPSA) is 58.1 Å². The number of likely N-dealkylation sites (tertiary alicyclic amines) is 1. The van der Waals surface area contributed by atoms with E-state index in [1.807, 2.05) is 30.0 Å². The smallest absolute Gasteiger partial charge is 0.272 e. The maximum atomic E-state index is 12.8. The van der Waals surface area contributed by atoms with E-state index < -0.39 is 0 Å². The van der Waals surface area contributed by atoms with Gasteiger partial charge >= 0.3 is 0 Å². The molecule has 25 heavy (non-hydrogen) atoms. The third-order valence-electron chi connectivity index (χ3n) is 4.79. The van der Waals surface area contributed by atoms with E-state index in [1.54, 1.807) is 6.07 Å². The van der Waals surface area contributed by atoms with E-state index in [0.717, 1.165) is 25.9 Å². The van der Waals surface area contributed by atoms with Gasteiger partial charge in [0.05, 0.1) is 0 Å². The number of nitrogens with one attached hydrogen (secondary N) is 1. The largest absolute Gasteiger partial charge is 0.363 e. The summed E-state index contributed by atoms with van der Waals surface area (Å²) in [5.74, 6) is 2.00. The minimum absolute atomic E-state index is 0.00724. The van der Waals surface area contributed by atoms with Crippen LogP contribution in [-0.4, -0.2) is 33.9 Å². The number of aryl methyl sites for hydroxylation is 1. The first kappa shape index (κ1) is 17.4. The molecule has 0 saturated carbocycles. The first-order chi connectivity index (χ1) is 12.0. The lowest BCUT2D eigenvalue weighted by molar-refractivity contribution is 0.0691. The molecular formula is C20H26N4O. The van der Waals surface area contributed by atoms with E-state index in [-0.39, 0.29) is 11.9 Å².